The summed E-state index contributed by atoms with van der Waals surface area (Å²) in [6.07, 6.45) is 7.37. The van der Waals surface area contributed by atoms with Crippen molar-refractivity contribution in [3.05, 3.63) is 0 Å². The van der Waals surface area contributed by atoms with Gasteiger partial charge in [-0.2, -0.15) is 0 Å². The number of rotatable bonds is 3. The van der Waals surface area contributed by atoms with Crippen LogP contribution in [0.3, 0.4) is 0 Å². The van der Waals surface area contributed by atoms with Crippen molar-refractivity contribution in [1.29, 1.82) is 0 Å². The molecule has 0 radical (unpaired) electrons. The standard InChI is InChI=1S/C14H28N2/c1-12-10-15-14(2,3)11-16(12)9-8-13-6-4-5-7-13/h12-13,15H,4-11H2,1-3H3. The minimum Gasteiger partial charge on any atom is -0.309 e. The SMILES string of the molecule is CC1CNC(C)(C)CN1CCC1CCCC1. The first-order chi connectivity index (χ1) is 7.57. The molecule has 94 valence electrons. The van der Waals surface area contributed by atoms with Crippen LogP contribution in [0.1, 0.15) is 52.9 Å². The monoisotopic (exact) mass is 224 g/mol. The fourth-order valence-corrected chi connectivity index (χ4v) is 3.22. The van der Waals surface area contributed by atoms with Crippen molar-refractivity contribution in [2.24, 2.45) is 5.92 Å². The van der Waals surface area contributed by atoms with Crippen molar-refractivity contribution in [2.75, 3.05) is 19.6 Å². The van der Waals surface area contributed by atoms with Gasteiger partial charge in [-0.25, -0.2) is 0 Å². The van der Waals surface area contributed by atoms with Crippen LogP contribution >= 0.6 is 0 Å². The zero-order valence-electron chi connectivity index (χ0n) is 11.3. The van der Waals surface area contributed by atoms with Crippen LogP contribution in [0, 0.1) is 5.92 Å². The molecule has 0 aromatic carbocycles. The van der Waals surface area contributed by atoms with Crippen molar-refractivity contribution in [3.63, 3.8) is 0 Å². The molecule has 2 nitrogen and oxygen atoms in total. The number of hydrogen-bond acceptors (Lipinski definition) is 2. The van der Waals surface area contributed by atoms with E-state index >= 15 is 0 Å². The number of piperazine rings is 1. The Morgan fingerprint density at radius 1 is 1.25 bits per heavy atom. The van der Waals surface area contributed by atoms with Gasteiger partial charge >= 0.3 is 0 Å². The molecule has 1 saturated heterocycles. The molecule has 1 atom stereocenters. The Kier molecular flexibility index (Phi) is 3.91. The Morgan fingerprint density at radius 3 is 2.62 bits per heavy atom. The molecule has 0 bridgehead atoms. The predicted octanol–water partition coefficient (Wildman–Crippen LogP) is 2.64. The van der Waals surface area contributed by atoms with Crippen molar-refractivity contribution < 1.29 is 0 Å². The first-order valence-electron chi connectivity index (χ1n) is 7.06. The summed E-state index contributed by atoms with van der Waals surface area (Å²) in [7, 11) is 0. The van der Waals surface area contributed by atoms with Crippen LogP contribution in [0.15, 0.2) is 0 Å². The lowest BCUT2D eigenvalue weighted by Crippen LogP contribution is -2.60. The highest BCUT2D eigenvalue weighted by atomic mass is 15.2. The molecule has 2 aliphatic rings. The molecule has 0 aromatic heterocycles. The smallest absolute Gasteiger partial charge is 0.0252 e. The van der Waals surface area contributed by atoms with Gasteiger partial charge in [0.25, 0.3) is 0 Å². The highest BCUT2D eigenvalue weighted by Gasteiger charge is 2.30. The van der Waals surface area contributed by atoms with Crippen molar-refractivity contribution in [1.82, 2.24) is 10.2 Å². The van der Waals surface area contributed by atoms with E-state index in [2.05, 4.69) is 31.0 Å². The zero-order valence-corrected chi connectivity index (χ0v) is 11.3. The third-order valence-corrected chi connectivity index (χ3v) is 4.40. The van der Waals surface area contributed by atoms with E-state index in [1.54, 1.807) is 0 Å². The number of hydrogen-bond donors (Lipinski definition) is 1. The van der Waals surface area contributed by atoms with Gasteiger partial charge in [0.05, 0.1) is 0 Å². The van der Waals surface area contributed by atoms with Crippen LogP contribution in [0.4, 0.5) is 0 Å². The van der Waals surface area contributed by atoms with Crippen molar-refractivity contribution in [2.45, 2.75) is 64.5 Å². The molecule has 2 heteroatoms. The van der Waals surface area contributed by atoms with Crippen LogP contribution in [0.5, 0.6) is 0 Å². The molecule has 1 aliphatic carbocycles. The molecular weight excluding hydrogens is 196 g/mol. The first kappa shape index (κ1) is 12.4. The van der Waals surface area contributed by atoms with Crippen LogP contribution in [-0.2, 0) is 0 Å². The van der Waals surface area contributed by atoms with E-state index in [9.17, 15) is 0 Å². The van der Waals surface area contributed by atoms with E-state index in [0.29, 0.717) is 5.54 Å². The average molecular weight is 224 g/mol. The fraction of sp³-hybridized carbons (Fsp3) is 1.00. The first-order valence-corrected chi connectivity index (χ1v) is 7.06. The maximum absolute atomic E-state index is 3.62. The summed E-state index contributed by atoms with van der Waals surface area (Å²) < 4.78 is 0. The lowest BCUT2D eigenvalue weighted by molar-refractivity contribution is 0.0984. The summed E-state index contributed by atoms with van der Waals surface area (Å²) in [5.41, 5.74) is 0.308. The third-order valence-electron chi connectivity index (χ3n) is 4.40. The van der Waals surface area contributed by atoms with Crippen molar-refractivity contribution in [3.8, 4) is 0 Å². The number of nitrogens with one attached hydrogen (secondary N) is 1. The van der Waals surface area contributed by atoms with E-state index in [0.717, 1.165) is 18.5 Å². The molecule has 0 amide bonds. The highest BCUT2D eigenvalue weighted by Crippen LogP contribution is 2.28. The van der Waals surface area contributed by atoms with Gasteiger partial charge in [0, 0.05) is 24.7 Å². The predicted molar refractivity (Wildman–Crippen MR) is 69.7 cm³/mol. The molecule has 1 aliphatic heterocycles. The van der Waals surface area contributed by atoms with Gasteiger partial charge in [0.15, 0.2) is 0 Å². The Hall–Kier alpha value is -0.0800. The molecule has 2 rings (SSSR count). The summed E-state index contributed by atoms with van der Waals surface area (Å²) in [6.45, 7) is 10.7. The van der Waals surface area contributed by atoms with Crippen LogP contribution in [-0.4, -0.2) is 36.1 Å². The second-order valence-electron chi connectivity index (χ2n) is 6.52. The summed E-state index contributed by atoms with van der Waals surface area (Å²) >= 11 is 0. The van der Waals surface area contributed by atoms with Gasteiger partial charge < -0.3 is 5.32 Å². The van der Waals surface area contributed by atoms with Gasteiger partial charge in [-0.3, -0.25) is 4.90 Å². The van der Waals surface area contributed by atoms with Crippen LogP contribution < -0.4 is 5.32 Å². The molecule has 1 unspecified atom stereocenters. The second-order valence-corrected chi connectivity index (χ2v) is 6.52. The average Bonchev–Trinajstić information content (AvgIpc) is 2.72. The van der Waals surface area contributed by atoms with Gasteiger partial charge in [0.2, 0.25) is 0 Å². The third kappa shape index (κ3) is 3.21. The zero-order chi connectivity index (χ0) is 11.6. The lowest BCUT2D eigenvalue weighted by Gasteiger charge is -2.43. The molecular formula is C14H28N2. The summed E-state index contributed by atoms with van der Waals surface area (Å²) in [5, 5.41) is 3.62. The second kappa shape index (κ2) is 5.05. The van der Waals surface area contributed by atoms with E-state index in [4.69, 9.17) is 0 Å². The molecule has 0 aromatic rings. The largest absolute Gasteiger partial charge is 0.309 e. The maximum Gasteiger partial charge on any atom is 0.0252 e. The Balaban J connectivity index is 1.78. The Morgan fingerprint density at radius 2 is 1.94 bits per heavy atom. The molecule has 16 heavy (non-hydrogen) atoms. The summed E-state index contributed by atoms with van der Waals surface area (Å²) in [4.78, 5) is 2.69. The molecule has 2 fully saturated rings. The molecule has 1 saturated carbocycles. The molecule has 1 heterocycles. The van der Waals surface area contributed by atoms with E-state index in [-0.39, 0.29) is 0 Å². The van der Waals surface area contributed by atoms with Gasteiger partial charge in [-0.1, -0.05) is 25.7 Å². The minimum atomic E-state index is 0.308. The normalized spacial score (nSPS) is 32.1. The fourth-order valence-electron chi connectivity index (χ4n) is 3.22. The van der Waals surface area contributed by atoms with Crippen LogP contribution in [0.2, 0.25) is 0 Å². The van der Waals surface area contributed by atoms with E-state index < -0.39 is 0 Å². The summed E-state index contributed by atoms with van der Waals surface area (Å²) in [6, 6.07) is 0.717. The minimum absolute atomic E-state index is 0.308. The molecule has 1 N–H and O–H groups in total. The Bertz CT molecular complexity index is 219. The summed E-state index contributed by atoms with van der Waals surface area (Å²) in [5.74, 6) is 1.03. The number of nitrogens with zero attached hydrogens (tertiary/aromatic N) is 1. The molecule has 0 spiro atoms. The maximum atomic E-state index is 3.62. The van der Waals surface area contributed by atoms with Gasteiger partial charge in [-0.05, 0) is 39.7 Å². The van der Waals surface area contributed by atoms with Crippen molar-refractivity contribution >= 4 is 0 Å². The topological polar surface area (TPSA) is 15.3 Å². The highest BCUT2D eigenvalue weighted by molar-refractivity contribution is 4.90. The quantitative estimate of drug-likeness (QED) is 0.793. The van der Waals surface area contributed by atoms with Crippen LogP contribution in [0.25, 0.3) is 0 Å². The van der Waals surface area contributed by atoms with Gasteiger partial charge in [0.1, 0.15) is 0 Å². The van der Waals surface area contributed by atoms with Gasteiger partial charge in [-0.15, -0.1) is 0 Å². The van der Waals surface area contributed by atoms with E-state index in [1.165, 1.54) is 45.2 Å². The van der Waals surface area contributed by atoms with E-state index in [1.807, 2.05) is 0 Å². The lowest BCUT2D eigenvalue weighted by atomic mass is 9.97. The Labute approximate surface area is 101 Å².